The average Bonchev–Trinajstić information content (AvgIpc) is 3.66. The molecule has 0 saturated carbocycles. The molecule has 0 atom stereocenters. The zero-order valence-electron chi connectivity index (χ0n) is 25.1. The summed E-state index contributed by atoms with van der Waals surface area (Å²) in [6, 6.07) is 62.7. The third-order valence-corrected chi connectivity index (χ3v) is 8.90. The first-order chi connectivity index (χ1) is 22.8. The third-order valence-electron chi connectivity index (χ3n) is 8.90. The van der Waals surface area contributed by atoms with Crippen molar-refractivity contribution in [3.63, 3.8) is 0 Å². The van der Waals surface area contributed by atoms with Crippen molar-refractivity contribution in [2.45, 2.75) is 0 Å². The van der Waals surface area contributed by atoms with Crippen LogP contribution in [0.3, 0.4) is 0 Å². The van der Waals surface area contributed by atoms with Gasteiger partial charge >= 0.3 is 0 Å². The van der Waals surface area contributed by atoms with Crippen LogP contribution in [0.1, 0.15) is 0 Å². The van der Waals surface area contributed by atoms with Crippen molar-refractivity contribution >= 4 is 27.8 Å². The summed E-state index contributed by atoms with van der Waals surface area (Å²) in [6.07, 6.45) is 0. The quantitative estimate of drug-likeness (QED) is 0.196. The molecule has 9 rings (SSSR count). The Hall–Kier alpha value is -6.19. The van der Waals surface area contributed by atoms with Crippen LogP contribution in [0.15, 0.2) is 176 Å². The normalized spacial score (nSPS) is 11.5. The molecule has 0 saturated heterocycles. The lowest BCUT2D eigenvalue weighted by molar-refractivity contribution is 1.11. The Kier molecular flexibility index (Phi) is 6.14. The lowest BCUT2D eigenvalue weighted by Crippen LogP contribution is -1.97. The minimum atomic E-state index is 0.893. The van der Waals surface area contributed by atoms with Gasteiger partial charge in [-0.15, -0.1) is 0 Å². The van der Waals surface area contributed by atoms with Crippen LogP contribution in [0.25, 0.3) is 78.0 Å². The molecule has 3 heteroatoms. The molecule has 0 aliphatic carbocycles. The van der Waals surface area contributed by atoms with Gasteiger partial charge in [0, 0.05) is 0 Å². The van der Waals surface area contributed by atoms with E-state index in [0.717, 1.165) is 39.1 Å². The highest BCUT2D eigenvalue weighted by molar-refractivity contribution is 5.96. The Labute approximate surface area is 267 Å². The lowest BCUT2D eigenvalue weighted by atomic mass is 9.98. The van der Waals surface area contributed by atoms with Gasteiger partial charge in [0.25, 0.3) is 0 Å². The van der Waals surface area contributed by atoms with E-state index in [1.165, 1.54) is 38.9 Å². The highest BCUT2D eigenvalue weighted by atomic mass is 15.2. The maximum atomic E-state index is 5.35. The minimum Gasteiger partial charge on any atom is -0.278 e. The van der Waals surface area contributed by atoms with Gasteiger partial charge in [-0.3, -0.25) is 8.97 Å². The first-order valence-electron chi connectivity index (χ1n) is 15.6. The second kappa shape index (κ2) is 10.8. The Balaban J connectivity index is 1.36. The number of hydrogen-bond acceptors (Lipinski definition) is 1. The summed E-state index contributed by atoms with van der Waals surface area (Å²) in [5.41, 5.74) is 14.8. The lowest BCUT2D eigenvalue weighted by Gasteiger charge is -2.13. The standard InChI is InChI=1S/C43H29N3/c1-5-13-30(14-6-1)34-21-23-40-39(28-34)44-43-45(42-29-35(22-24-41(42)46(40)43)31-15-7-2-8-16-31)38-26-36(32-17-9-3-10-18-32)25-37(27-38)33-19-11-4-12-20-33/h1-29H. The molecule has 9 aromatic rings. The van der Waals surface area contributed by atoms with Crippen LogP contribution in [0, 0.1) is 0 Å². The number of benzene rings is 7. The van der Waals surface area contributed by atoms with E-state index in [-0.39, 0.29) is 0 Å². The van der Waals surface area contributed by atoms with Crippen LogP contribution in [0.2, 0.25) is 0 Å². The fourth-order valence-electron chi connectivity index (χ4n) is 6.66. The molecule has 7 aromatic carbocycles. The summed E-state index contributed by atoms with van der Waals surface area (Å²) in [5, 5.41) is 0. The van der Waals surface area contributed by atoms with Gasteiger partial charge in [0.2, 0.25) is 5.78 Å². The molecule has 216 valence electrons. The monoisotopic (exact) mass is 587 g/mol. The molecule has 0 radical (unpaired) electrons. The van der Waals surface area contributed by atoms with Gasteiger partial charge in [0.1, 0.15) is 0 Å². The Morgan fingerprint density at radius 2 is 0.783 bits per heavy atom. The van der Waals surface area contributed by atoms with E-state index < -0.39 is 0 Å². The van der Waals surface area contributed by atoms with Crippen molar-refractivity contribution in [2.75, 3.05) is 0 Å². The van der Waals surface area contributed by atoms with Gasteiger partial charge in [-0.25, -0.2) is 4.98 Å². The number of imidazole rings is 2. The summed E-state index contributed by atoms with van der Waals surface area (Å²) < 4.78 is 4.65. The SMILES string of the molecule is c1ccc(-c2cc(-c3ccccc3)cc(-n3c4cc(-c5ccccc5)ccc4n4c5ccc(-c6ccccc6)cc5nc34)c2)cc1. The highest BCUT2D eigenvalue weighted by Gasteiger charge is 2.20. The van der Waals surface area contributed by atoms with E-state index in [2.05, 4.69) is 185 Å². The number of rotatable bonds is 5. The molecule has 0 N–H and O–H groups in total. The summed E-state index contributed by atoms with van der Waals surface area (Å²) in [6.45, 7) is 0. The predicted molar refractivity (Wildman–Crippen MR) is 191 cm³/mol. The minimum absolute atomic E-state index is 0.893. The first kappa shape index (κ1) is 26.2. The van der Waals surface area contributed by atoms with Gasteiger partial charge in [0.15, 0.2) is 0 Å². The van der Waals surface area contributed by atoms with Crippen LogP contribution >= 0.6 is 0 Å². The summed E-state index contributed by atoms with van der Waals surface area (Å²) >= 11 is 0. The predicted octanol–water partition coefficient (Wildman–Crippen LogP) is 11.1. The molecule has 0 aliphatic heterocycles. The second-order valence-electron chi connectivity index (χ2n) is 11.7. The number of aromatic nitrogens is 3. The molecule has 0 bridgehead atoms. The van der Waals surface area contributed by atoms with Gasteiger partial charge in [-0.05, 0) is 87.0 Å². The van der Waals surface area contributed by atoms with Crippen LogP contribution < -0.4 is 0 Å². The highest BCUT2D eigenvalue weighted by Crippen LogP contribution is 2.36. The molecular weight excluding hydrogens is 558 g/mol. The Bertz CT molecular complexity index is 2430. The fourth-order valence-corrected chi connectivity index (χ4v) is 6.66. The zero-order valence-corrected chi connectivity index (χ0v) is 25.1. The van der Waals surface area contributed by atoms with E-state index in [1.807, 2.05) is 0 Å². The van der Waals surface area contributed by atoms with Crippen LogP contribution in [-0.2, 0) is 0 Å². The van der Waals surface area contributed by atoms with E-state index >= 15 is 0 Å². The van der Waals surface area contributed by atoms with E-state index in [4.69, 9.17) is 4.98 Å². The van der Waals surface area contributed by atoms with Gasteiger partial charge < -0.3 is 0 Å². The van der Waals surface area contributed by atoms with Crippen LogP contribution in [0.4, 0.5) is 0 Å². The van der Waals surface area contributed by atoms with Crippen molar-refractivity contribution in [1.29, 1.82) is 0 Å². The smallest absolute Gasteiger partial charge is 0.220 e. The first-order valence-corrected chi connectivity index (χ1v) is 15.6. The maximum absolute atomic E-state index is 5.35. The third kappa shape index (κ3) is 4.41. The van der Waals surface area contributed by atoms with Crippen molar-refractivity contribution in [2.24, 2.45) is 0 Å². The summed E-state index contributed by atoms with van der Waals surface area (Å²) in [4.78, 5) is 5.35. The van der Waals surface area contributed by atoms with Crippen molar-refractivity contribution in [3.05, 3.63) is 176 Å². The molecule has 3 nitrogen and oxygen atoms in total. The van der Waals surface area contributed by atoms with Crippen molar-refractivity contribution in [3.8, 4) is 50.2 Å². The van der Waals surface area contributed by atoms with Gasteiger partial charge in [0.05, 0.1) is 27.8 Å². The zero-order chi connectivity index (χ0) is 30.5. The molecule has 2 heterocycles. The molecule has 0 unspecified atom stereocenters. The molecule has 0 spiro atoms. The molecule has 0 amide bonds. The van der Waals surface area contributed by atoms with Crippen LogP contribution in [-0.4, -0.2) is 14.0 Å². The van der Waals surface area contributed by atoms with Crippen LogP contribution in [0.5, 0.6) is 0 Å². The number of fused-ring (bicyclic) bond motifs is 5. The molecule has 2 aromatic heterocycles. The van der Waals surface area contributed by atoms with E-state index in [9.17, 15) is 0 Å². The van der Waals surface area contributed by atoms with E-state index in [0.29, 0.717) is 0 Å². The van der Waals surface area contributed by atoms with Gasteiger partial charge in [-0.2, -0.15) is 0 Å². The Morgan fingerprint density at radius 3 is 1.30 bits per heavy atom. The topological polar surface area (TPSA) is 22.2 Å². The number of nitrogens with zero attached hydrogens (tertiary/aromatic N) is 3. The summed E-state index contributed by atoms with van der Waals surface area (Å²) in [5.74, 6) is 0.893. The van der Waals surface area contributed by atoms with Crippen molar-refractivity contribution in [1.82, 2.24) is 14.0 Å². The number of hydrogen-bond donors (Lipinski definition) is 0. The van der Waals surface area contributed by atoms with Gasteiger partial charge in [-0.1, -0.05) is 133 Å². The molecule has 0 fully saturated rings. The Morgan fingerprint density at radius 1 is 0.326 bits per heavy atom. The fraction of sp³-hybridized carbons (Fsp3) is 0. The largest absolute Gasteiger partial charge is 0.278 e. The van der Waals surface area contributed by atoms with Crippen molar-refractivity contribution < 1.29 is 0 Å². The maximum Gasteiger partial charge on any atom is 0.220 e. The average molecular weight is 588 g/mol. The van der Waals surface area contributed by atoms with E-state index in [1.54, 1.807) is 0 Å². The molecule has 0 aliphatic rings. The summed E-state index contributed by atoms with van der Waals surface area (Å²) in [7, 11) is 0. The second-order valence-corrected chi connectivity index (χ2v) is 11.7. The molecule has 46 heavy (non-hydrogen) atoms. The molecular formula is C43H29N3.